The summed E-state index contributed by atoms with van der Waals surface area (Å²) < 4.78 is 5.79. The maximum Gasteiger partial charge on any atom is 0.331 e. The summed E-state index contributed by atoms with van der Waals surface area (Å²) in [5, 5.41) is 9.53. The molecule has 4 heterocycles. The Labute approximate surface area is 173 Å². The van der Waals surface area contributed by atoms with Crippen molar-refractivity contribution >= 4 is 12.0 Å². The number of aromatic hydroxyl groups is 1. The molecule has 0 amide bonds. The summed E-state index contributed by atoms with van der Waals surface area (Å²) in [7, 11) is 0. The van der Waals surface area contributed by atoms with Gasteiger partial charge in [0, 0.05) is 43.2 Å². The molecule has 5 rings (SSSR count). The quantitative estimate of drug-likeness (QED) is 0.625. The van der Waals surface area contributed by atoms with Gasteiger partial charge in [0.05, 0.1) is 0 Å². The Morgan fingerprint density at radius 2 is 1.72 bits per heavy atom. The first kappa shape index (κ1) is 19.1. The Hall–Kier alpha value is -1.85. The summed E-state index contributed by atoms with van der Waals surface area (Å²) in [5.74, 6) is -0.0782. The van der Waals surface area contributed by atoms with E-state index >= 15 is 0 Å². The fraction of sp³-hybridized carbons (Fsp3) is 0.625. The van der Waals surface area contributed by atoms with Gasteiger partial charge in [-0.25, -0.2) is 4.79 Å². The molecule has 2 bridgehead atoms. The van der Waals surface area contributed by atoms with Crippen molar-refractivity contribution in [1.29, 1.82) is 0 Å². The number of hydrogen-bond acceptors (Lipinski definition) is 5. The van der Waals surface area contributed by atoms with Crippen molar-refractivity contribution in [1.82, 2.24) is 9.80 Å². The predicted octanol–water partition coefficient (Wildman–Crippen LogP) is 3.57. The largest absolute Gasteiger partial charge is 0.508 e. The molecule has 5 atom stereocenters. The molecular weight excluding hydrogens is 364 g/mol. The molecule has 4 saturated heterocycles. The average molecular weight is 397 g/mol. The lowest BCUT2D eigenvalue weighted by molar-refractivity contribution is -0.149. The summed E-state index contributed by atoms with van der Waals surface area (Å²) in [6.07, 6.45) is 13.2. The second-order valence-corrected chi connectivity index (χ2v) is 9.31. The third-order valence-corrected chi connectivity index (χ3v) is 7.52. The van der Waals surface area contributed by atoms with Crippen LogP contribution >= 0.6 is 0 Å². The first-order valence-electron chi connectivity index (χ1n) is 11.3. The molecule has 5 heteroatoms. The number of piperidine rings is 4. The molecule has 0 aliphatic carbocycles. The van der Waals surface area contributed by atoms with Gasteiger partial charge in [-0.3, -0.25) is 9.80 Å². The van der Waals surface area contributed by atoms with E-state index in [0.717, 1.165) is 43.1 Å². The molecule has 1 aromatic carbocycles. The third-order valence-electron chi connectivity index (χ3n) is 7.52. The molecule has 1 aromatic rings. The van der Waals surface area contributed by atoms with Gasteiger partial charge in [-0.05, 0) is 68.8 Å². The number of nitrogens with zero attached hydrogens (tertiary/aromatic N) is 2. The number of hydrogen-bond donors (Lipinski definition) is 1. The van der Waals surface area contributed by atoms with E-state index in [1.54, 1.807) is 24.3 Å². The van der Waals surface area contributed by atoms with Crippen LogP contribution in [0.4, 0.5) is 0 Å². The lowest BCUT2D eigenvalue weighted by Crippen LogP contribution is -2.65. The summed E-state index contributed by atoms with van der Waals surface area (Å²) in [6.45, 7) is 2.34. The van der Waals surface area contributed by atoms with Crippen molar-refractivity contribution in [2.24, 2.45) is 0 Å². The highest BCUT2D eigenvalue weighted by molar-refractivity contribution is 5.87. The van der Waals surface area contributed by atoms with Crippen LogP contribution in [0.1, 0.15) is 56.9 Å². The highest BCUT2D eigenvalue weighted by Crippen LogP contribution is 2.42. The fourth-order valence-electron chi connectivity index (χ4n) is 6.28. The van der Waals surface area contributed by atoms with Crippen LogP contribution < -0.4 is 0 Å². The van der Waals surface area contributed by atoms with E-state index in [-0.39, 0.29) is 17.8 Å². The molecule has 4 aliphatic heterocycles. The van der Waals surface area contributed by atoms with E-state index in [0.29, 0.717) is 6.04 Å². The minimum absolute atomic E-state index is 0.0218. The van der Waals surface area contributed by atoms with Crippen LogP contribution in [0.25, 0.3) is 6.08 Å². The lowest BCUT2D eigenvalue weighted by Gasteiger charge is -2.58. The summed E-state index contributed by atoms with van der Waals surface area (Å²) in [5.41, 5.74) is 0.799. The van der Waals surface area contributed by atoms with Gasteiger partial charge < -0.3 is 9.84 Å². The highest BCUT2D eigenvalue weighted by atomic mass is 16.5. The number of ether oxygens (including phenoxy) is 1. The number of phenols is 1. The Bertz CT molecular complexity index is 779. The number of phenolic OH excluding ortho intramolecular Hbond substituents is 1. The average Bonchev–Trinajstić information content (AvgIpc) is 2.72. The Balaban J connectivity index is 1.18. The molecule has 29 heavy (non-hydrogen) atoms. The molecule has 0 radical (unpaired) electrons. The highest BCUT2D eigenvalue weighted by Gasteiger charge is 2.47. The molecule has 156 valence electrons. The molecule has 1 N–H and O–H groups in total. The molecule has 4 aliphatic rings. The van der Waals surface area contributed by atoms with Crippen LogP contribution in [0.2, 0.25) is 0 Å². The van der Waals surface area contributed by atoms with Gasteiger partial charge in [0.1, 0.15) is 11.9 Å². The minimum atomic E-state index is -0.279. The van der Waals surface area contributed by atoms with Gasteiger partial charge >= 0.3 is 5.97 Å². The van der Waals surface area contributed by atoms with Crippen LogP contribution in [0.3, 0.4) is 0 Å². The normalized spacial score (nSPS) is 35.1. The van der Waals surface area contributed by atoms with Crippen LogP contribution in [0.5, 0.6) is 5.75 Å². The molecule has 0 aromatic heterocycles. The SMILES string of the molecule is O=C(/C=C/c1cccc(O)c1)OC1CCN2[C@@H]3C[C@@H](C[C@@H]2C1)N1CCCC[C@@H]1C3. The Morgan fingerprint density at radius 1 is 0.966 bits per heavy atom. The van der Waals surface area contributed by atoms with Gasteiger partial charge in [-0.15, -0.1) is 0 Å². The lowest BCUT2D eigenvalue weighted by atomic mass is 9.76. The van der Waals surface area contributed by atoms with Crippen LogP contribution in [-0.2, 0) is 9.53 Å². The van der Waals surface area contributed by atoms with Crippen LogP contribution in [-0.4, -0.2) is 64.2 Å². The van der Waals surface area contributed by atoms with Gasteiger partial charge in [0.2, 0.25) is 0 Å². The second kappa shape index (κ2) is 8.11. The van der Waals surface area contributed by atoms with Crippen LogP contribution in [0.15, 0.2) is 30.3 Å². The summed E-state index contributed by atoms with van der Waals surface area (Å²) in [6, 6.07) is 9.72. The van der Waals surface area contributed by atoms with Crippen molar-refractivity contribution < 1.29 is 14.6 Å². The number of benzene rings is 1. The zero-order chi connectivity index (χ0) is 19.8. The molecule has 5 nitrogen and oxygen atoms in total. The van der Waals surface area contributed by atoms with Gasteiger partial charge in [-0.1, -0.05) is 18.6 Å². The van der Waals surface area contributed by atoms with Crippen molar-refractivity contribution in [3.8, 4) is 5.75 Å². The predicted molar refractivity (Wildman–Crippen MR) is 113 cm³/mol. The number of esters is 1. The molecule has 1 unspecified atom stereocenters. The first-order valence-corrected chi connectivity index (χ1v) is 11.3. The van der Waals surface area contributed by atoms with E-state index in [1.165, 1.54) is 51.1 Å². The van der Waals surface area contributed by atoms with E-state index in [1.807, 2.05) is 6.07 Å². The Morgan fingerprint density at radius 3 is 2.55 bits per heavy atom. The smallest absolute Gasteiger partial charge is 0.331 e. The van der Waals surface area contributed by atoms with E-state index in [4.69, 9.17) is 4.74 Å². The van der Waals surface area contributed by atoms with Crippen molar-refractivity contribution in [2.45, 2.75) is 81.6 Å². The monoisotopic (exact) mass is 396 g/mol. The molecule has 4 fully saturated rings. The number of rotatable bonds is 3. The zero-order valence-electron chi connectivity index (χ0n) is 17.1. The molecule has 0 saturated carbocycles. The standard InChI is InChI=1S/C24H32N2O3/c27-22-6-3-4-17(12-22)7-8-24(28)29-23-9-11-26-19-13-18-5-1-2-10-25(18)20(14-19)15-21(26)16-23/h3-4,6-8,12,18-21,23,27H,1-2,5,9-11,13-16H2/b8-7+/t18-,19+,20+,21-,23?/m1/s1. The minimum Gasteiger partial charge on any atom is -0.508 e. The molecule has 0 spiro atoms. The number of carbonyl (C=O) groups is 1. The van der Waals surface area contributed by atoms with Gasteiger partial charge in [0.15, 0.2) is 0 Å². The van der Waals surface area contributed by atoms with Crippen molar-refractivity contribution in [3.63, 3.8) is 0 Å². The van der Waals surface area contributed by atoms with Gasteiger partial charge in [0.25, 0.3) is 0 Å². The molecular formula is C24H32N2O3. The summed E-state index contributed by atoms with van der Waals surface area (Å²) in [4.78, 5) is 17.9. The third kappa shape index (κ3) is 4.08. The number of carbonyl (C=O) groups excluding carboxylic acids is 1. The van der Waals surface area contributed by atoms with Crippen molar-refractivity contribution in [3.05, 3.63) is 35.9 Å². The number of fused-ring (bicyclic) bond motifs is 6. The van der Waals surface area contributed by atoms with Crippen molar-refractivity contribution in [2.75, 3.05) is 13.1 Å². The van der Waals surface area contributed by atoms with E-state index in [9.17, 15) is 9.90 Å². The maximum atomic E-state index is 12.3. The van der Waals surface area contributed by atoms with Gasteiger partial charge in [-0.2, -0.15) is 0 Å². The first-order chi connectivity index (χ1) is 14.2. The van der Waals surface area contributed by atoms with E-state index in [2.05, 4.69) is 9.80 Å². The second-order valence-electron chi connectivity index (χ2n) is 9.31. The maximum absolute atomic E-state index is 12.3. The van der Waals surface area contributed by atoms with Crippen LogP contribution in [0, 0.1) is 0 Å². The van der Waals surface area contributed by atoms with E-state index < -0.39 is 0 Å². The Kier molecular flexibility index (Phi) is 5.35. The zero-order valence-corrected chi connectivity index (χ0v) is 17.1. The fourth-order valence-corrected chi connectivity index (χ4v) is 6.28. The summed E-state index contributed by atoms with van der Waals surface area (Å²) >= 11 is 0. The topological polar surface area (TPSA) is 53.0 Å².